The lowest BCUT2D eigenvalue weighted by atomic mass is 10.1. The number of nitrogens with one attached hydrogen (secondary N) is 2. The lowest BCUT2D eigenvalue weighted by Gasteiger charge is -2.16. The van der Waals surface area contributed by atoms with E-state index < -0.39 is 0 Å². The molecule has 140 valence electrons. The number of nitrogens with zero attached hydrogens (tertiary/aromatic N) is 2. The third-order valence-corrected chi connectivity index (χ3v) is 4.90. The third-order valence-electron chi connectivity index (χ3n) is 4.20. The first-order chi connectivity index (χ1) is 12.5. The summed E-state index contributed by atoms with van der Waals surface area (Å²) in [5.41, 5.74) is 3.20. The van der Waals surface area contributed by atoms with Gasteiger partial charge in [-0.2, -0.15) is 11.3 Å². The molecule has 0 aliphatic rings. The lowest BCUT2D eigenvalue weighted by Crippen LogP contribution is -2.39. The van der Waals surface area contributed by atoms with E-state index in [4.69, 9.17) is 0 Å². The Morgan fingerprint density at radius 2 is 2.08 bits per heavy atom. The van der Waals surface area contributed by atoms with Crippen LogP contribution in [0.5, 0.6) is 0 Å². The summed E-state index contributed by atoms with van der Waals surface area (Å²) in [4.78, 5) is 17.9. The van der Waals surface area contributed by atoms with E-state index in [9.17, 15) is 4.79 Å². The molecular weight excluding hydrogens is 344 g/mol. The monoisotopic (exact) mass is 372 g/mol. The summed E-state index contributed by atoms with van der Waals surface area (Å²) in [5.74, 6) is 1.26. The minimum absolute atomic E-state index is 0.0275. The van der Waals surface area contributed by atoms with Gasteiger partial charge in [-0.1, -0.05) is 19.1 Å². The van der Waals surface area contributed by atoms with Gasteiger partial charge in [0.15, 0.2) is 5.96 Å². The zero-order valence-corrected chi connectivity index (χ0v) is 16.8. The molecule has 0 radical (unpaired) electrons. The molecule has 0 aliphatic heterocycles. The number of aliphatic imine (C=N–C) groups is 1. The van der Waals surface area contributed by atoms with Gasteiger partial charge in [0.2, 0.25) is 0 Å². The molecule has 1 aromatic carbocycles. The SMILES string of the molecule is CN=C(NCCc1cccc(C(=O)N(C)C)c1)NCC(C)c1ccsc1. The van der Waals surface area contributed by atoms with Crippen molar-refractivity contribution in [3.05, 3.63) is 57.8 Å². The molecule has 6 heteroatoms. The number of carbonyl (C=O) groups is 1. The molecule has 1 unspecified atom stereocenters. The van der Waals surface area contributed by atoms with Gasteiger partial charge in [-0.25, -0.2) is 0 Å². The van der Waals surface area contributed by atoms with Gasteiger partial charge in [0.25, 0.3) is 5.91 Å². The first kappa shape index (κ1) is 20.0. The van der Waals surface area contributed by atoms with Crippen molar-refractivity contribution < 1.29 is 4.79 Å². The molecule has 26 heavy (non-hydrogen) atoms. The van der Waals surface area contributed by atoms with Crippen LogP contribution >= 0.6 is 11.3 Å². The number of hydrogen-bond acceptors (Lipinski definition) is 3. The van der Waals surface area contributed by atoms with Crippen molar-refractivity contribution in [3.63, 3.8) is 0 Å². The highest BCUT2D eigenvalue weighted by Gasteiger charge is 2.09. The normalized spacial score (nSPS) is 12.5. The van der Waals surface area contributed by atoms with E-state index in [1.54, 1.807) is 37.4 Å². The van der Waals surface area contributed by atoms with Crippen LogP contribution in [0.3, 0.4) is 0 Å². The molecular formula is C20H28N4OS. The maximum atomic E-state index is 12.1. The van der Waals surface area contributed by atoms with Crippen LogP contribution in [0.4, 0.5) is 0 Å². The Bertz CT molecular complexity index is 725. The Kier molecular flexibility index (Phi) is 7.66. The fourth-order valence-electron chi connectivity index (χ4n) is 2.59. The van der Waals surface area contributed by atoms with Gasteiger partial charge in [0.1, 0.15) is 0 Å². The van der Waals surface area contributed by atoms with Gasteiger partial charge in [0.05, 0.1) is 0 Å². The van der Waals surface area contributed by atoms with Crippen molar-refractivity contribution >= 4 is 23.2 Å². The van der Waals surface area contributed by atoms with E-state index in [2.05, 4.69) is 39.4 Å². The van der Waals surface area contributed by atoms with Crippen LogP contribution in [0.15, 0.2) is 46.1 Å². The van der Waals surface area contributed by atoms with Crippen LogP contribution in [0.25, 0.3) is 0 Å². The Balaban J connectivity index is 1.80. The second kappa shape index (κ2) is 9.97. The summed E-state index contributed by atoms with van der Waals surface area (Å²) in [6.45, 7) is 3.80. The minimum Gasteiger partial charge on any atom is -0.356 e. The highest BCUT2D eigenvalue weighted by atomic mass is 32.1. The number of hydrogen-bond donors (Lipinski definition) is 2. The summed E-state index contributed by atoms with van der Waals surface area (Å²) in [6.07, 6.45) is 0.829. The Morgan fingerprint density at radius 1 is 1.27 bits per heavy atom. The third kappa shape index (κ3) is 5.88. The van der Waals surface area contributed by atoms with E-state index >= 15 is 0 Å². The standard InChI is InChI=1S/C20H28N4OS/c1-15(18-9-11-26-14-18)13-23-20(21-2)22-10-8-16-6-5-7-17(12-16)19(25)24(3)4/h5-7,9,11-12,14-15H,8,10,13H2,1-4H3,(H2,21,22,23). The zero-order chi connectivity index (χ0) is 18.9. The average Bonchev–Trinajstić information content (AvgIpc) is 3.18. The highest BCUT2D eigenvalue weighted by molar-refractivity contribution is 7.07. The molecule has 1 amide bonds. The molecule has 1 atom stereocenters. The fraction of sp³-hybridized carbons (Fsp3) is 0.400. The molecule has 1 heterocycles. The van der Waals surface area contributed by atoms with Crippen molar-refractivity contribution in [3.8, 4) is 0 Å². The molecule has 0 fully saturated rings. The molecule has 2 N–H and O–H groups in total. The van der Waals surface area contributed by atoms with Crippen LogP contribution in [0.2, 0.25) is 0 Å². The first-order valence-corrected chi connectivity index (χ1v) is 9.72. The van der Waals surface area contributed by atoms with Gasteiger partial charge < -0.3 is 15.5 Å². The van der Waals surface area contributed by atoms with E-state index in [-0.39, 0.29) is 5.91 Å². The second-order valence-corrected chi connectivity index (χ2v) is 7.27. The topological polar surface area (TPSA) is 56.7 Å². The molecule has 0 saturated carbocycles. The lowest BCUT2D eigenvalue weighted by molar-refractivity contribution is 0.0827. The summed E-state index contributed by atoms with van der Waals surface area (Å²) in [7, 11) is 5.31. The summed E-state index contributed by atoms with van der Waals surface area (Å²) in [5, 5.41) is 11.0. The second-order valence-electron chi connectivity index (χ2n) is 6.49. The quantitative estimate of drug-likeness (QED) is 0.580. The van der Waals surface area contributed by atoms with Crippen molar-refractivity contribution in [1.82, 2.24) is 15.5 Å². The molecule has 2 aromatic rings. The predicted octanol–water partition coefficient (Wildman–Crippen LogP) is 2.96. The van der Waals surface area contributed by atoms with E-state index in [1.807, 2.05) is 24.3 Å². The maximum Gasteiger partial charge on any atom is 0.253 e. The predicted molar refractivity (Wildman–Crippen MR) is 110 cm³/mol. The molecule has 0 spiro atoms. The number of benzene rings is 1. The zero-order valence-electron chi connectivity index (χ0n) is 16.0. The minimum atomic E-state index is 0.0275. The van der Waals surface area contributed by atoms with Crippen molar-refractivity contribution in [2.24, 2.45) is 4.99 Å². The van der Waals surface area contributed by atoms with E-state index in [0.29, 0.717) is 5.92 Å². The molecule has 1 aromatic heterocycles. The number of rotatable bonds is 7. The van der Waals surface area contributed by atoms with Gasteiger partial charge in [0, 0.05) is 39.8 Å². The maximum absolute atomic E-state index is 12.1. The first-order valence-electron chi connectivity index (χ1n) is 8.78. The smallest absolute Gasteiger partial charge is 0.253 e. The van der Waals surface area contributed by atoms with E-state index in [0.717, 1.165) is 36.6 Å². The average molecular weight is 373 g/mol. The van der Waals surface area contributed by atoms with Crippen molar-refractivity contribution in [2.75, 3.05) is 34.2 Å². The van der Waals surface area contributed by atoms with Crippen LogP contribution in [0, 0.1) is 0 Å². The van der Waals surface area contributed by atoms with Gasteiger partial charge in [-0.15, -0.1) is 0 Å². The van der Waals surface area contributed by atoms with Gasteiger partial charge in [-0.05, 0) is 52.4 Å². The Hall–Kier alpha value is -2.34. The number of carbonyl (C=O) groups excluding carboxylic acids is 1. The highest BCUT2D eigenvalue weighted by Crippen LogP contribution is 2.16. The van der Waals surface area contributed by atoms with Crippen molar-refractivity contribution in [1.29, 1.82) is 0 Å². The van der Waals surface area contributed by atoms with Crippen molar-refractivity contribution in [2.45, 2.75) is 19.3 Å². The van der Waals surface area contributed by atoms with Crippen LogP contribution in [-0.2, 0) is 6.42 Å². The van der Waals surface area contributed by atoms with Crippen LogP contribution in [0.1, 0.15) is 34.3 Å². The largest absolute Gasteiger partial charge is 0.356 e. The summed E-state index contributed by atoms with van der Waals surface area (Å²) < 4.78 is 0. The van der Waals surface area contributed by atoms with Gasteiger partial charge >= 0.3 is 0 Å². The molecule has 2 rings (SSSR count). The fourth-order valence-corrected chi connectivity index (χ4v) is 3.37. The molecule has 0 saturated heterocycles. The number of thiophene rings is 1. The van der Waals surface area contributed by atoms with E-state index in [1.165, 1.54) is 5.56 Å². The summed E-state index contributed by atoms with van der Waals surface area (Å²) >= 11 is 1.72. The number of amides is 1. The van der Waals surface area contributed by atoms with Crippen LogP contribution in [-0.4, -0.2) is 51.0 Å². The van der Waals surface area contributed by atoms with Crippen LogP contribution < -0.4 is 10.6 Å². The Morgan fingerprint density at radius 3 is 2.73 bits per heavy atom. The van der Waals surface area contributed by atoms with Gasteiger partial charge in [-0.3, -0.25) is 9.79 Å². The Labute approximate surface area is 160 Å². The molecule has 5 nitrogen and oxygen atoms in total. The number of guanidine groups is 1. The molecule has 0 aliphatic carbocycles. The summed E-state index contributed by atoms with van der Waals surface area (Å²) in [6, 6.07) is 9.95. The molecule has 0 bridgehead atoms.